The maximum absolute atomic E-state index is 10.8. The zero-order chi connectivity index (χ0) is 18.2. The van der Waals surface area contributed by atoms with Crippen molar-refractivity contribution in [2.45, 2.75) is 44.8 Å². The molecule has 2 atom stereocenters. The molecule has 0 aromatic heterocycles. The second-order valence-corrected chi connectivity index (χ2v) is 6.75. The van der Waals surface area contributed by atoms with Crippen molar-refractivity contribution in [3.8, 4) is 5.75 Å². The average molecular weight is 341 g/mol. The van der Waals surface area contributed by atoms with Crippen molar-refractivity contribution in [3.63, 3.8) is 0 Å². The van der Waals surface area contributed by atoms with Gasteiger partial charge in [-0.2, -0.15) is 0 Å². The molecule has 25 heavy (non-hydrogen) atoms. The summed E-state index contributed by atoms with van der Waals surface area (Å²) in [4.78, 5) is 2.40. The van der Waals surface area contributed by atoms with E-state index in [4.69, 9.17) is 4.74 Å². The van der Waals surface area contributed by atoms with E-state index in [9.17, 15) is 5.11 Å². The van der Waals surface area contributed by atoms with Crippen molar-refractivity contribution in [1.82, 2.24) is 4.90 Å². The summed E-state index contributed by atoms with van der Waals surface area (Å²) in [6.45, 7) is 11.8. The Hall–Kier alpha value is -1.84. The zero-order valence-corrected chi connectivity index (χ0v) is 15.6. The van der Waals surface area contributed by atoms with Crippen LogP contribution in [-0.4, -0.2) is 36.2 Å². The molecule has 0 amide bonds. The molecule has 3 nitrogen and oxygen atoms in total. The van der Waals surface area contributed by atoms with Crippen LogP contribution in [0.3, 0.4) is 0 Å². The largest absolute Gasteiger partial charge is 0.497 e. The number of aliphatic hydroxyl groups excluding tert-OH is 1. The predicted molar refractivity (Wildman–Crippen MR) is 105 cm³/mol. The number of methoxy groups -OCH3 is 1. The van der Waals surface area contributed by atoms with Crippen LogP contribution in [0.5, 0.6) is 5.75 Å². The molecule has 0 saturated heterocycles. The quantitative estimate of drug-likeness (QED) is 0.560. The van der Waals surface area contributed by atoms with Crippen molar-refractivity contribution in [2.75, 3.05) is 20.2 Å². The molecule has 0 saturated carbocycles. The first kappa shape index (κ1) is 19.5. The van der Waals surface area contributed by atoms with Crippen LogP contribution in [0.25, 0.3) is 0 Å². The second kappa shape index (κ2) is 9.59. The highest BCUT2D eigenvalue weighted by Gasteiger charge is 2.28. The maximum Gasteiger partial charge on any atom is 0.119 e. The highest BCUT2D eigenvalue weighted by Crippen LogP contribution is 2.31. The number of fused-ring (bicyclic) bond motifs is 1. The lowest BCUT2D eigenvalue weighted by Gasteiger charge is -2.30. The van der Waals surface area contributed by atoms with Gasteiger partial charge in [-0.05, 0) is 62.4 Å². The molecule has 3 heteroatoms. The van der Waals surface area contributed by atoms with Gasteiger partial charge >= 0.3 is 0 Å². The molecular formula is C22H31NO2. The normalized spacial score (nSPS) is 20.9. The summed E-state index contributed by atoms with van der Waals surface area (Å²) in [7, 11) is 1.68. The summed E-state index contributed by atoms with van der Waals surface area (Å²) >= 11 is 0. The fourth-order valence-corrected chi connectivity index (χ4v) is 3.41. The van der Waals surface area contributed by atoms with Crippen LogP contribution in [0, 0.1) is 0 Å². The molecule has 136 valence electrons. The Labute approximate surface area is 152 Å². The van der Waals surface area contributed by atoms with E-state index in [2.05, 4.69) is 31.0 Å². The van der Waals surface area contributed by atoms with E-state index < -0.39 is 6.10 Å². The van der Waals surface area contributed by atoms with Crippen LogP contribution < -0.4 is 4.74 Å². The van der Waals surface area contributed by atoms with Crippen LogP contribution >= 0.6 is 0 Å². The number of unbranched alkanes of at least 4 members (excludes halogenated alkanes) is 1. The molecule has 0 bridgehead atoms. The number of hydrogen-bond donors (Lipinski definition) is 1. The first-order valence-electron chi connectivity index (χ1n) is 9.12. The van der Waals surface area contributed by atoms with Crippen LogP contribution in [-0.2, 0) is 6.42 Å². The van der Waals surface area contributed by atoms with Gasteiger partial charge in [-0.25, -0.2) is 0 Å². The molecule has 2 rings (SSSR count). The summed E-state index contributed by atoms with van der Waals surface area (Å²) < 4.78 is 5.32. The lowest BCUT2D eigenvalue weighted by molar-refractivity contribution is 0.0635. The number of benzene rings is 1. The summed E-state index contributed by atoms with van der Waals surface area (Å²) in [5.41, 5.74) is 3.38. The van der Waals surface area contributed by atoms with Gasteiger partial charge in [0, 0.05) is 12.6 Å². The Morgan fingerprint density at radius 3 is 2.92 bits per heavy atom. The smallest absolute Gasteiger partial charge is 0.119 e. The Kier molecular flexibility index (Phi) is 7.48. The van der Waals surface area contributed by atoms with E-state index in [1.807, 2.05) is 24.3 Å². The van der Waals surface area contributed by atoms with E-state index in [1.54, 1.807) is 13.2 Å². The molecular weight excluding hydrogens is 310 g/mol. The minimum atomic E-state index is -0.450. The molecule has 0 unspecified atom stereocenters. The standard InChI is InChI=1S/C22H31NO2/c1-5-6-9-17(2)10-7-8-14-23-15-13-19-16-20(25-4)11-12-21(19)22(24)18(23)3/h5-6,9,11-12,16,18,22,24H,1-2,7-8,10,13-15H2,3-4H3/b9-6-/t18-,22+/m1/s1. The molecule has 1 N–H and O–H groups in total. The number of allylic oxidation sites excluding steroid dienone is 4. The average Bonchev–Trinajstić information content (AvgIpc) is 2.74. The molecule has 0 aliphatic carbocycles. The molecule has 0 fully saturated rings. The lowest BCUT2D eigenvalue weighted by atomic mass is 9.98. The zero-order valence-electron chi connectivity index (χ0n) is 15.6. The van der Waals surface area contributed by atoms with E-state index in [1.165, 1.54) is 5.56 Å². The molecule has 0 spiro atoms. The van der Waals surface area contributed by atoms with Gasteiger partial charge in [0.2, 0.25) is 0 Å². The van der Waals surface area contributed by atoms with Gasteiger partial charge in [0.25, 0.3) is 0 Å². The van der Waals surface area contributed by atoms with Crippen molar-refractivity contribution in [2.24, 2.45) is 0 Å². The summed E-state index contributed by atoms with van der Waals surface area (Å²) in [5, 5.41) is 10.8. The first-order chi connectivity index (χ1) is 12.1. The Morgan fingerprint density at radius 1 is 1.40 bits per heavy atom. The molecule has 0 radical (unpaired) electrons. The Morgan fingerprint density at radius 2 is 2.20 bits per heavy atom. The summed E-state index contributed by atoms with van der Waals surface area (Å²) in [6, 6.07) is 6.13. The molecule has 1 aliphatic heterocycles. The summed E-state index contributed by atoms with van der Waals surface area (Å²) in [5.74, 6) is 0.859. The first-order valence-corrected chi connectivity index (χ1v) is 9.12. The number of nitrogens with zero attached hydrogens (tertiary/aromatic N) is 1. The van der Waals surface area contributed by atoms with Crippen LogP contribution in [0.15, 0.2) is 55.2 Å². The van der Waals surface area contributed by atoms with E-state index >= 15 is 0 Å². The van der Waals surface area contributed by atoms with E-state index in [0.29, 0.717) is 0 Å². The molecule has 1 aliphatic rings. The summed E-state index contributed by atoms with van der Waals surface area (Å²) in [6.07, 6.45) is 9.45. The highest BCUT2D eigenvalue weighted by atomic mass is 16.5. The third-order valence-electron chi connectivity index (χ3n) is 5.03. The Balaban J connectivity index is 1.90. The van der Waals surface area contributed by atoms with Crippen molar-refractivity contribution < 1.29 is 9.84 Å². The van der Waals surface area contributed by atoms with Gasteiger partial charge in [0.15, 0.2) is 0 Å². The van der Waals surface area contributed by atoms with Crippen LogP contribution in [0.2, 0.25) is 0 Å². The second-order valence-electron chi connectivity index (χ2n) is 6.75. The lowest BCUT2D eigenvalue weighted by Crippen LogP contribution is -2.37. The van der Waals surface area contributed by atoms with Gasteiger partial charge < -0.3 is 9.84 Å². The highest BCUT2D eigenvalue weighted by molar-refractivity contribution is 5.38. The monoisotopic (exact) mass is 341 g/mol. The number of rotatable bonds is 8. The van der Waals surface area contributed by atoms with Crippen molar-refractivity contribution in [3.05, 3.63) is 66.3 Å². The number of hydrogen-bond acceptors (Lipinski definition) is 3. The van der Waals surface area contributed by atoms with Gasteiger partial charge in [-0.1, -0.05) is 43.0 Å². The third-order valence-corrected chi connectivity index (χ3v) is 5.03. The fraction of sp³-hybridized carbons (Fsp3) is 0.455. The van der Waals surface area contributed by atoms with Crippen LogP contribution in [0.1, 0.15) is 43.4 Å². The maximum atomic E-state index is 10.8. The SMILES string of the molecule is C=C/C=C\C(=C)CCCCN1CCc2cc(OC)ccc2[C@@H](O)[C@H]1C. The van der Waals surface area contributed by atoms with Crippen molar-refractivity contribution >= 4 is 0 Å². The van der Waals surface area contributed by atoms with Gasteiger partial charge in [0.05, 0.1) is 13.2 Å². The molecule has 1 aromatic carbocycles. The van der Waals surface area contributed by atoms with Crippen LogP contribution in [0.4, 0.5) is 0 Å². The molecule has 1 heterocycles. The Bertz CT molecular complexity index is 620. The van der Waals surface area contributed by atoms with Crippen molar-refractivity contribution in [1.29, 1.82) is 0 Å². The fourth-order valence-electron chi connectivity index (χ4n) is 3.41. The minimum absolute atomic E-state index is 0.124. The topological polar surface area (TPSA) is 32.7 Å². The molecule has 1 aromatic rings. The predicted octanol–water partition coefficient (Wildman–Crippen LogP) is 4.44. The van der Waals surface area contributed by atoms with Gasteiger partial charge in [-0.15, -0.1) is 0 Å². The van der Waals surface area contributed by atoms with E-state index in [0.717, 1.165) is 55.7 Å². The van der Waals surface area contributed by atoms with Gasteiger partial charge in [0.1, 0.15) is 5.75 Å². The van der Waals surface area contributed by atoms with E-state index in [-0.39, 0.29) is 6.04 Å². The number of aliphatic hydroxyl groups is 1. The minimum Gasteiger partial charge on any atom is -0.497 e. The third kappa shape index (κ3) is 5.32. The number of ether oxygens (including phenoxy) is 1. The van der Waals surface area contributed by atoms with Gasteiger partial charge in [-0.3, -0.25) is 4.90 Å².